The molecule has 0 atom stereocenters. The van der Waals surface area contributed by atoms with Gasteiger partial charge < -0.3 is 5.73 Å². The van der Waals surface area contributed by atoms with E-state index < -0.39 is 0 Å². The summed E-state index contributed by atoms with van der Waals surface area (Å²) in [6.45, 7) is 5.67. The number of anilines is 1. The fraction of sp³-hybridized carbons (Fsp3) is 0.600. The Hall–Kier alpha value is -0.540. The van der Waals surface area contributed by atoms with E-state index >= 15 is 0 Å². The second kappa shape index (κ2) is 3.68. The van der Waals surface area contributed by atoms with Crippen LogP contribution in [-0.4, -0.2) is 18.0 Å². The van der Waals surface area contributed by atoms with Crippen LogP contribution in [0.4, 0.5) is 5.69 Å². The summed E-state index contributed by atoms with van der Waals surface area (Å²) in [5.74, 6) is 0. The van der Waals surface area contributed by atoms with E-state index in [4.69, 9.17) is 5.73 Å². The van der Waals surface area contributed by atoms with E-state index in [9.17, 15) is 0 Å². The molecule has 0 amide bonds. The highest BCUT2D eigenvalue weighted by molar-refractivity contribution is 7.12. The predicted molar refractivity (Wildman–Crippen MR) is 58.0 cm³/mol. The molecule has 13 heavy (non-hydrogen) atoms. The first-order chi connectivity index (χ1) is 6.25. The molecule has 0 radical (unpaired) electrons. The number of nitrogens with two attached hydrogens (primary N) is 1. The largest absolute Gasteiger partial charge is 0.398 e. The lowest BCUT2D eigenvalue weighted by atomic mass is 10.3. The highest BCUT2D eigenvalue weighted by Gasteiger charge is 2.14. The van der Waals surface area contributed by atoms with Crippen LogP contribution in [0.1, 0.15) is 22.6 Å². The van der Waals surface area contributed by atoms with Crippen molar-refractivity contribution in [1.29, 1.82) is 0 Å². The van der Waals surface area contributed by atoms with Gasteiger partial charge in [-0.1, -0.05) is 0 Å². The molecule has 1 aliphatic rings. The number of hydrogen-bond donors (Lipinski definition) is 1. The van der Waals surface area contributed by atoms with Gasteiger partial charge in [-0.05, 0) is 38.9 Å². The van der Waals surface area contributed by atoms with Crippen LogP contribution in [0.15, 0.2) is 6.07 Å². The SMILES string of the molecule is Cc1cc(N)c(CN2CCCC2)s1. The van der Waals surface area contributed by atoms with Gasteiger partial charge in [-0.15, -0.1) is 11.3 Å². The van der Waals surface area contributed by atoms with Gasteiger partial charge in [0.25, 0.3) is 0 Å². The minimum Gasteiger partial charge on any atom is -0.398 e. The molecule has 1 aliphatic heterocycles. The highest BCUT2D eigenvalue weighted by Crippen LogP contribution is 2.26. The van der Waals surface area contributed by atoms with Gasteiger partial charge in [0.15, 0.2) is 0 Å². The van der Waals surface area contributed by atoms with E-state index in [2.05, 4.69) is 17.9 Å². The van der Waals surface area contributed by atoms with Crippen molar-refractivity contribution >= 4 is 17.0 Å². The molecule has 0 bridgehead atoms. The first-order valence-corrected chi connectivity index (χ1v) is 5.64. The lowest BCUT2D eigenvalue weighted by Gasteiger charge is -2.13. The quantitative estimate of drug-likeness (QED) is 0.786. The van der Waals surface area contributed by atoms with Crippen molar-refractivity contribution < 1.29 is 0 Å². The smallest absolute Gasteiger partial charge is 0.0471 e. The maximum Gasteiger partial charge on any atom is 0.0471 e. The number of thiophene rings is 1. The molecular weight excluding hydrogens is 180 g/mol. The average molecular weight is 196 g/mol. The first-order valence-electron chi connectivity index (χ1n) is 4.83. The molecule has 0 aliphatic carbocycles. The fourth-order valence-corrected chi connectivity index (χ4v) is 2.85. The maximum atomic E-state index is 5.90. The molecule has 3 heteroatoms. The maximum absolute atomic E-state index is 5.90. The van der Waals surface area contributed by atoms with E-state index in [0.717, 1.165) is 12.2 Å². The van der Waals surface area contributed by atoms with Gasteiger partial charge in [-0.2, -0.15) is 0 Å². The number of aryl methyl sites for hydroxylation is 1. The summed E-state index contributed by atoms with van der Waals surface area (Å²) < 4.78 is 0. The second-order valence-corrected chi connectivity index (χ2v) is 5.06. The number of nitrogen functional groups attached to an aromatic ring is 1. The third-order valence-electron chi connectivity index (χ3n) is 2.53. The third kappa shape index (κ3) is 2.03. The van der Waals surface area contributed by atoms with Crippen molar-refractivity contribution in [2.24, 2.45) is 0 Å². The molecular formula is C10H16N2S. The summed E-state index contributed by atoms with van der Waals surface area (Å²) >= 11 is 1.83. The Kier molecular flexibility index (Phi) is 2.56. The molecule has 0 spiro atoms. The van der Waals surface area contributed by atoms with E-state index in [0.29, 0.717) is 0 Å². The van der Waals surface area contributed by atoms with Crippen LogP contribution < -0.4 is 5.73 Å². The van der Waals surface area contributed by atoms with Crippen molar-refractivity contribution in [1.82, 2.24) is 4.90 Å². The normalized spacial score (nSPS) is 18.2. The summed E-state index contributed by atoms with van der Waals surface area (Å²) in [5, 5.41) is 0. The molecule has 1 fully saturated rings. The van der Waals surface area contributed by atoms with Crippen molar-refractivity contribution in [2.45, 2.75) is 26.3 Å². The molecule has 0 saturated carbocycles. The molecule has 72 valence electrons. The van der Waals surface area contributed by atoms with Gasteiger partial charge in [-0.25, -0.2) is 0 Å². The van der Waals surface area contributed by atoms with E-state index in [1.165, 1.54) is 35.7 Å². The Balaban J connectivity index is 2.03. The number of nitrogens with zero attached hydrogens (tertiary/aromatic N) is 1. The van der Waals surface area contributed by atoms with Crippen LogP contribution in [0.25, 0.3) is 0 Å². The zero-order valence-corrected chi connectivity index (χ0v) is 8.86. The van der Waals surface area contributed by atoms with Crippen LogP contribution >= 0.6 is 11.3 Å². The van der Waals surface area contributed by atoms with Crippen LogP contribution in [0.3, 0.4) is 0 Å². The third-order valence-corrected chi connectivity index (χ3v) is 3.58. The van der Waals surface area contributed by atoms with Crippen LogP contribution in [0.5, 0.6) is 0 Å². The van der Waals surface area contributed by atoms with Crippen molar-refractivity contribution in [2.75, 3.05) is 18.8 Å². The summed E-state index contributed by atoms with van der Waals surface area (Å²) in [4.78, 5) is 5.16. The van der Waals surface area contributed by atoms with Gasteiger partial charge >= 0.3 is 0 Å². The molecule has 0 unspecified atom stereocenters. The van der Waals surface area contributed by atoms with E-state index in [1.54, 1.807) is 0 Å². The monoisotopic (exact) mass is 196 g/mol. The molecule has 2 nitrogen and oxygen atoms in total. The molecule has 1 saturated heterocycles. The van der Waals surface area contributed by atoms with E-state index in [-0.39, 0.29) is 0 Å². The second-order valence-electron chi connectivity index (χ2n) is 3.72. The summed E-state index contributed by atoms with van der Waals surface area (Å²) in [6, 6.07) is 2.08. The van der Waals surface area contributed by atoms with Crippen molar-refractivity contribution in [3.8, 4) is 0 Å². The van der Waals surface area contributed by atoms with Crippen LogP contribution in [0.2, 0.25) is 0 Å². The first kappa shape index (κ1) is 9.03. The standard InChI is InChI=1S/C10H16N2S/c1-8-6-9(11)10(13-8)7-12-4-2-3-5-12/h6H,2-5,7,11H2,1H3. The molecule has 0 aromatic carbocycles. The van der Waals surface area contributed by atoms with Crippen molar-refractivity contribution in [3.63, 3.8) is 0 Å². The lowest BCUT2D eigenvalue weighted by molar-refractivity contribution is 0.335. The highest BCUT2D eigenvalue weighted by atomic mass is 32.1. The summed E-state index contributed by atoms with van der Waals surface area (Å²) in [7, 11) is 0. The number of likely N-dealkylation sites (tertiary alicyclic amines) is 1. The molecule has 2 rings (SSSR count). The predicted octanol–water partition coefficient (Wildman–Crippen LogP) is 2.23. The lowest BCUT2D eigenvalue weighted by Crippen LogP contribution is -2.18. The Morgan fingerprint density at radius 3 is 2.69 bits per heavy atom. The summed E-state index contributed by atoms with van der Waals surface area (Å²) in [6.07, 6.45) is 2.70. The topological polar surface area (TPSA) is 29.3 Å². The van der Waals surface area contributed by atoms with Crippen molar-refractivity contribution in [3.05, 3.63) is 15.8 Å². The zero-order chi connectivity index (χ0) is 9.26. The van der Waals surface area contributed by atoms with Gasteiger partial charge in [-0.3, -0.25) is 4.90 Å². The summed E-state index contributed by atoms with van der Waals surface area (Å²) in [5.41, 5.74) is 6.88. The zero-order valence-electron chi connectivity index (χ0n) is 8.05. The molecule has 1 aromatic heterocycles. The average Bonchev–Trinajstić information content (AvgIpc) is 2.63. The fourth-order valence-electron chi connectivity index (χ4n) is 1.85. The minimum absolute atomic E-state index is 0.981. The van der Waals surface area contributed by atoms with Gasteiger partial charge in [0.1, 0.15) is 0 Å². The van der Waals surface area contributed by atoms with Gasteiger partial charge in [0.2, 0.25) is 0 Å². The molecule has 2 heterocycles. The van der Waals surface area contributed by atoms with Gasteiger partial charge in [0, 0.05) is 22.0 Å². The molecule has 1 aromatic rings. The Labute approximate surface area is 83.4 Å². The molecule has 2 N–H and O–H groups in total. The van der Waals surface area contributed by atoms with Gasteiger partial charge in [0.05, 0.1) is 0 Å². The Bertz CT molecular complexity index is 287. The Morgan fingerprint density at radius 1 is 1.46 bits per heavy atom. The van der Waals surface area contributed by atoms with Crippen LogP contribution in [0, 0.1) is 6.92 Å². The number of hydrogen-bond acceptors (Lipinski definition) is 3. The Morgan fingerprint density at radius 2 is 2.15 bits per heavy atom. The van der Waals surface area contributed by atoms with Crippen LogP contribution in [-0.2, 0) is 6.54 Å². The van der Waals surface area contributed by atoms with E-state index in [1.807, 2.05) is 11.3 Å². The minimum atomic E-state index is 0.981. The number of rotatable bonds is 2.